The van der Waals surface area contributed by atoms with E-state index in [0.29, 0.717) is 18.4 Å². The van der Waals surface area contributed by atoms with Crippen LogP contribution in [0.25, 0.3) is 0 Å². The van der Waals surface area contributed by atoms with Crippen LogP contribution in [0.15, 0.2) is 36.7 Å². The second-order valence-electron chi connectivity index (χ2n) is 7.17. The van der Waals surface area contributed by atoms with Gasteiger partial charge in [0.05, 0.1) is 13.3 Å². The summed E-state index contributed by atoms with van der Waals surface area (Å²) >= 11 is 0. The molecule has 1 fully saturated rings. The summed E-state index contributed by atoms with van der Waals surface area (Å²) in [6.45, 7) is 1.56. The molecule has 0 radical (unpaired) electrons. The van der Waals surface area contributed by atoms with Gasteiger partial charge >= 0.3 is 0 Å². The van der Waals surface area contributed by atoms with Gasteiger partial charge in [-0.3, -0.25) is 9.89 Å². The Bertz CT molecular complexity index is 697. The fourth-order valence-electron chi connectivity index (χ4n) is 3.71. The predicted molar refractivity (Wildman–Crippen MR) is 101 cm³/mol. The second kappa shape index (κ2) is 8.36. The number of benzene rings is 1. The number of aromatic nitrogens is 2. The van der Waals surface area contributed by atoms with Crippen molar-refractivity contribution in [2.45, 2.75) is 31.2 Å². The lowest BCUT2D eigenvalue weighted by Crippen LogP contribution is -2.35. The molecule has 1 aliphatic rings. The zero-order chi connectivity index (χ0) is 18.5. The van der Waals surface area contributed by atoms with E-state index in [4.69, 9.17) is 4.74 Å². The highest BCUT2D eigenvalue weighted by Gasteiger charge is 2.37. The number of carbonyl (C=O) groups is 1. The number of carbonyl (C=O) groups excluding carboxylic acids is 1. The van der Waals surface area contributed by atoms with Gasteiger partial charge in [-0.1, -0.05) is 12.1 Å². The van der Waals surface area contributed by atoms with E-state index in [2.05, 4.69) is 41.3 Å². The third-order valence-corrected chi connectivity index (χ3v) is 5.26. The quantitative estimate of drug-likeness (QED) is 0.827. The Morgan fingerprint density at radius 1 is 1.31 bits per heavy atom. The molecule has 1 N–H and O–H groups in total. The van der Waals surface area contributed by atoms with Gasteiger partial charge in [-0.15, -0.1) is 0 Å². The second-order valence-corrected chi connectivity index (χ2v) is 7.17. The molecule has 1 saturated heterocycles. The number of hydrogen-bond acceptors (Lipinski definition) is 4. The minimum absolute atomic E-state index is 0.247. The number of methoxy groups -OCH3 is 1. The van der Waals surface area contributed by atoms with Crippen LogP contribution in [0.2, 0.25) is 0 Å². The van der Waals surface area contributed by atoms with Crippen molar-refractivity contribution < 1.29 is 9.53 Å². The van der Waals surface area contributed by atoms with Crippen molar-refractivity contribution >= 4 is 5.91 Å². The van der Waals surface area contributed by atoms with Crippen LogP contribution in [0.3, 0.4) is 0 Å². The fraction of sp³-hybridized carbons (Fsp3) is 0.500. The first-order chi connectivity index (χ1) is 12.6. The molecule has 3 rings (SSSR count). The minimum atomic E-state index is 0.247. The van der Waals surface area contributed by atoms with Gasteiger partial charge in [-0.25, -0.2) is 0 Å². The van der Waals surface area contributed by atoms with Gasteiger partial charge in [0.25, 0.3) is 0 Å². The van der Waals surface area contributed by atoms with Crippen LogP contribution in [-0.4, -0.2) is 66.2 Å². The number of aromatic amines is 1. The topological polar surface area (TPSA) is 61.5 Å². The van der Waals surface area contributed by atoms with E-state index in [1.165, 1.54) is 5.56 Å². The van der Waals surface area contributed by atoms with Crippen molar-refractivity contribution in [3.8, 4) is 5.75 Å². The van der Waals surface area contributed by atoms with E-state index in [1.807, 2.05) is 29.4 Å². The lowest BCUT2D eigenvalue weighted by atomic mass is 9.93. The number of aryl methyl sites for hydroxylation is 1. The summed E-state index contributed by atoms with van der Waals surface area (Å²) in [5, 5.41) is 6.76. The molecule has 2 aromatic rings. The highest BCUT2D eigenvalue weighted by Crippen LogP contribution is 2.31. The summed E-state index contributed by atoms with van der Waals surface area (Å²) in [6, 6.07) is 8.57. The van der Waals surface area contributed by atoms with E-state index in [1.54, 1.807) is 7.11 Å². The number of nitrogens with zero attached hydrogens (tertiary/aromatic N) is 3. The lowest BCUT2D eigenvalue weighted by Gasteiger charge is -2.25. The summed E-state index contributed by atoms with van der Waals surface area (Å²) in [6.07, 6.45) is 6.04. The van der Waals surface area contributed by atoms with Gasteiger partial charge in [0.15, 0.2) is 0 Å². The molecule has 1 aromatic heterocycles. The monoisotopic (exact) mass is 356 g/mol. The third-order valence-electron chi connectivity index (χ3n) is 5.26. The van der Waals surface area contributed by atoms with Crippen LogP contribution in [0, 0.1) is 0 Å². The van der Waals surface area contributed by atoms with E-state index >= 15 is 0 Å². The smallest absolute Gasteiger partial charge is 0.222 e. The zero-order valence-corrected chi connectivity index (χ0v) is 15.8. The summed E-state index contributed by atoms with van der Waals surface area (Å²) in [4.78, 5) is 16.9. The van der Waals surface area contributed by atoms with Crippen LogP contribution in [0.5, 0.6) is 5.75 Å². The fourth-order valence-corrected chi connectivity index (χ4v) is 3.71. The van der Waals surface area contributed by atoms with Crippen molar-refractivity contribution in [1.29, 1.82) is 0 Å². The predicted octanol–water partition coefficient (Wildman–Crippen LogP) is 2.30. The molecule has 1 aliphatic heterocycles. The van der Waals surface area contributed by atoms with Crippen molar-refractivity contribution in [2.24, 2.45) is 0 Å². The molecule has 6 nitrogen and oxygen atoms in total. The highest BCUT2D eigenvalue weighted by atomic mass is 16.5. The van der Waals surface area contributed by atoms with Gasteiger partial charge in [0.1, 0.15) is 5.75 Å². The maximum Gasteiger partial charge on any atom is 0.222 e. The molecule has 140 valence electrons. The Morgan fingerprint density at radius 3 is 2.69 bits per heavy atom. The maximum atomic E-state index is 12.7. The first-order valence-corrected chi connectivity index (χ1v) is 9.14. The van der Waals surface area contributed by atoms with Crippen LogP contribution in [-0.2, 0) is 11.2 Å². The van der Waals surface area contributed by atoms with E-state index in [0.717, 1.165) is 37.2 Å². The summed E-state index contributed by atoms with van der Waals surface area (Å²) < 4.78 is 5.26. The van der Waals surface area contributed by atoms with Crippen molar-refractivity contribution in [3.05, 3.63) is 47.8 Å². The molecule has 0 spiro atoms. The number of likely N-dealkylation sites (tertiary alicyclic amines) is 1. The van der Waals surface area contributed by atoms with Gasteiger partial charge in [-0.05, 0) is 50.2 Å². The normalized spacial score (nSPS) is 19.9. The van der Waals surface area contributed by atoms with Crippen molar-refractivity contribution in [1.82, 2.24) is 20.0 Å². The molecule has 1 aromatic carbocycles. The minimum Gasteiger partial charge on any atom is -0.497 e. The van der Waals surface area contributed by atoms with Gasteiger partial charge in [0, 0.05) is 37.7 Å². The summed E-state index contributed by atoms with van der Waals surface area (Å²) in [7, 11) is 5.86. The highest BCUT2D eigenvalue weighted by molar-refractivity contribution is 5.76. The Balaban J connectivity index is 1.61. The molecule has 0 aliphatic carbocycles. The number of hydrogen-bond donors (Lipinski definition) is 1. The Hall–Kier alpha value is -2.34. The van der Waals surface area contributed by atoms with E-state index in [9.17, 15) is 4.79 Å². The Labute approximate surface area is 155 Å². The zero-order valence-electron chi connectivity index (χ0n) is 15.8. The lowest BCUT2D eigenvalue weighted by molar-refractivity contribution is -0.130. The number of ether oxygens (including phenoxy) is 1. The SMILES string of the molecule is COc1ccc([C@@H]2CN(C(=O)CCCc3cn[nH]c3)C[C@H]2N(C)C)cc1. The summed E-state index contributed by atoms with van der Waals surface area (Å²) in [5.41, 5.74) is 2.42. The molecule has 0 saturated carbocycles. The van der Waals surface area contributed by atoms with Crippen molar-refractivity contribution in [2.75, 3.05) is 34.3 Å². The van der Waals surface area contributed by atoms with Gasteiger partial charge in [0.2, 0.25) is 5.91 Å². The van der Waals surface area contributed by atoms with Gasteiger partial charge in [-0.2, -0.15) is 5.10 Å². The molecule has 6 heteroatoms. The molecule has 1 amide bonds. The maximum absolute atomic E-state index is 12.7. The largest absolute Gasteiger partial charge is 0.497 e. The van der Waals surface area contributed by atoms with Crippen molar-refractivity contribution in [3.63, 3.8) is 0 Å². The molecular formula is C20H28N4O2. The van der Waals surface area contributed by atoms with Crippen LogP contribution in [0.4, 0.5) is 0 Å². The number of nitrogens with one attached hydrogen (secondary N) is 1. The molecular weight excluding hydrogens is 328 g/mol. The Morgan fingerprint density at radius 2 is 2.08 bits per heavy atom. The third kappa shape index (κ3) is 4.25. The van der Waals surface area contributed by atoms with Crippen LogP contribution < -0.4 is 4.74 Å². The van der Waals surface area contributed by atoms with Gasteiger partial charge < -0.3 is 14.5 Å². The number of H-pyrrole nitrogens is 1. The molecule has 2 heterocycles. The number of likely N-dealkylation sites (N-methyl/N-ethyl adjacent to an activating group) is 1. The Kier molecular flexibility index (Phi) is 5.93. The molecule has 26 heavy (non-hydrogen) atoms. The standard InChI is InChI=1S/C20H28N4O2/c1-23(2)19-14-24(20(25)6-4-5-15-11-21-22-12-15)13-18(19)16-7-9-17(26-3)10-8-16/h7-12,18-19H,4-6,13-14H2,1-3H3,(H,21,22)/t18-,19+/m0/s1. The number of amides is 1. The first-order valence-electron chi connectivity index (χ1n) is 9.14. The first kappa shape index (κ1) is 18.5. The molecule has 2 atom stereocenters. The average Bonchev–Trinajstić information content (AvgIpc) is 3.31. The van der Waals surface area contributed by atoms with E-state index < -0.39 is 0 Å². The van der Waals surface area contributed by atoms with E-state index in [-0.39, 0.29) is 5.91 Å². The molecule has 0 bridgehead atoms. The average molecular weight is 356 g/mol. The van der Waals surface area contributed by atoms with Crippen LogP contribution >= 0.6 is 0 Å². The summed E-state index contributed by atoms with van der Waals surface area (Å²) in [5.74, 6) is 1.44. The molecule has 0 unspecified atom stereocenters. The van der Waals surface area contributed by atoms with Crippen LogP contribution in [0.1, 0.15) is 29.9 Å². The number of rotatable bonds is 7.